The van der Waals surface area contributed by atoms with E-state index < -0.39 is 0 Å². The molecule has 0 atom stereocenters. The van der Waals surface area contributed by atoms with Crippen LogP contribution in [0.1, 0.15) is 11.1 Å². The number of imidazole rings is 1. The Labute approximate surface area is 134 Å². The minimum absolute atomic E-state index is 0.0563. The molecule has 1 heterocycles. The largest absolute Gasteiger partial charge is 0.506 e. The first-order valence-corrected chi connectivity index (χ1v) is 7.32. The lowest BCUT2D eigenvalue weighted by Crippen LogP contribution is -2.18. The second-order valence-electron chi connectivity index (χ2n) is 5.30. The number of nitrogens with zero attached hydrogens (tertiary/aromatic N) is 2. The van der Waals surface area contributed by atoms with Gasteiger partial charge in [-0.05, 0) is 29.7 Å². The molecule has 1 amide bonds. The fraction of sp³-hybridized carbons (Fsp3) is 0.111. The molecular weight excluding hydrogens is 290 g/mol. The van der Waals surface area contributed by atoms with Gasteiger partial charge in [-0.25, -0.2) is 4.98 Å². The van der Waals surface area contributed by atoms with E-state index in [4.69, 9.17) is 0 Å². The summed E-state index contributed by atoms with van der Waals surface area (Å²) in [6.45, 7) is 0.155. The van der Waals surface area contributed by atoms with Gasteiger partial charge in [0, 0.05) is 12.4 Å². The summed E-state index contributed by atoms with van der Waals surface area (Å²) in [4.78, 5) is 15.9. The Bertz CT molecular complexity index is 783. The van der Waals surface area contributed by atoms with E-state index in [1.807, 2.05) is 36.4 Å². The number of anilines is 1. The summed E-state index contributed by atoms with van der Waals surface area (Å²) >= 11 is 0. The molecule has 0 saturated heterocycles. The Balaban J connectivity index is 1.71. The third kappa shape index (κ3) is 3.97. The molecule has 2 aromatic carbocycles. The normalized spacial score (nSPS) is 10.4. The van der Waals surface area contributed by atoms with Crippen LogP contribution in [0.5, 0.6) is 5.75 Å². The molecule has 0 aliphatic carbocycles. The molecule has 0 bridgehead atoms. The highest BCUT2D eigenvalue weighted by atomic mass is 16.3. The summed E-state index contributed by atoms with van der Waals surface area (Å²) in [5, 5.41) is 12.7. The van der Waals surface area contributed by atoms with E-state index in [0.29, 0.717) is 5.69 Å². The van der Waals surface area contributed by atoms with Crippen molar-refractivity contribution in [2.24, 2.45) is 0 Å². The van der Waals surface area contributed by atoms with Crippen molar-refractivity contribution in [3.63, 3.8) is 0 Å². The summed E-state index contributed by atoms with van der Waals surface area (Å²) in [6, 6.07) is 15.3. The van der Waals surface area contributed by atoms with E-state index >= 15 is 0 Å². The van der Waals surface area contributed by atoms with Gasteiger partial charge in [0.15, 0.2) is 0 Å². The van der Waals surface area contributed by atoms with Crippen molar-refractivity contribution in [2.75, 3.05) is 5.32 Å². The molecule has 5 heteroatoms. The van der Waals surface area contributed by atoms with Gasteiger partial charge < -0.3 is 15.0 Å². The molecule has 1 aromatic heterocycles. The van der Waals surface area contributed by atoms with Gasteiger partial charge in [0.1, 0.15) is 12.3 Å². The van der Waals surface area contributed by atoms with Crippen LogP contribution in [-0.4, -0.2) is 20.6 Å². The third-order valence-electron chi connectivity index (χ3n) is 3.47. The topological polar surface area (TPSA) is 67.2 Å². The van der Waals surface area contributed by atoms with Gasteiger partial charge in [0.2, 0.25) is 5.91 Å². The monoisotopic (exact) mass is 307 g/mol. The van der Waals surface area contributed by atoms with Crippen LogP contribution in [0, 0.1) is 0 Å². The summed E-state index contributed by atoms with van der Waals surface area (Å²) in [5.74, 6) is -0.157. The Kier molecular flexibility index (Phi) is 4.38. The van der Waals surface area contributed by atoms with Gasteiger partial charge in [0.25, 0.3) is 0 Å². The molecule has 116 valence electrons. The molecular formula is C18H17N3O2. The van der Waals surface area contributed by atoms with Crippen LogP contribution < -0.4 is 5.32 Å². The molecule has 0 unspecified atom stereocenters. The predicted octanol–water partition coefficient (Wildman–Crippen LogP) is 2.82. The second-order valence-corrected chi connectivity index (χ2v) is 5.30. The molecule has 5 nitrogen and oxygen atoms in total. The van der Waals surface area contributed by atoms with Crippen molar-refractivity contribution in [3.05, 3.63) is 78.4 Å². The fourth-order valence-corrected chi connectivity index (χ4v) is 2.36. The van der Waals surface area contributed by atoms with Crippen molar-refractivity contribution >= 4 is 11.6 Å². The van der Waals surface area contributed by atoms with Gasteiger partial charge >= 0.3 is 0 Å². The smallest absolute Gasteiger partial charge is 0.244 e. The number of rotatable bonds is 5. The van der Waals surface area contributed by atoms with E-state index in [1.165, 1.54) is 5.56 Å². The summed E-state index contributed by atoms with van der Waals surface area (Å²) in [6.07, 6.45) is 5.65. The summed E-state index contributed by atoms with van der Waals surface area (Å²) in [5.41, 5.74) is 2.62. The fourth-order valence-electron chi connectivity index (χ4n) is 2.36. The third-order valence-corrected chi connectivity index (χ3v) is 3.47. The summed E-state index contributed by atoms with van der Waals surface area (Å²) in [7, 11) is 0. The van der Waals surface area contributed by atoms with Gasteiger partial charge in [-0.3, -0.25) is 4.79 Å². The lowest BCUT2D eigenvalue weighted by molar-refractivity contribution is -0.116. The predicted molar refractivity (Wildman–Crippen MR) is 88.2 cm³/mol. The van der Waals surface area contributed by atoms with Crippen molar-refractivity contribution in [3.8, 4) is 5.75 Å². The van der Waals surface area contributed by atoms with E-state index in [9.17, 15) is 9.90 Å². The van der Waals surface area contributed by atoms with Crippen LogP contribution in [0.25, 0.3) is 0 Å². The highest BCUT2D eigenvalue weighted by Gasteiger charge is 2.08. The Hall–Kier alpha value is -3.08. The van der Waals surface area contributed by atoms with Gasteiger partial charge in [-0.1, -0.05) is 36.4 Å². The van der Waals surface area contributed by atoms with E-state index in [2.05, 4.69) is 10.3 Å². The SMILES string of the molecule is O=C(Cn1ccnc1)Nc1cc(Cc2ccccc2)ccc1O. The standard InChI is InChI=1S/C18H17N3O2/c22-17-7-6-15(10-14-4-2-1-3-5-14)11-16(17)20-18(23)12-21-9-8-19-13-21/h1-9,11,13,22H,10,12H2,(H,20,23). The number of phenolic OH excluding ortho intramolecular Hbond substituents is 1. The highest BCUT2D eigenvalue weighted by molar-refractivity contribution is 5.92. The molecule has 0 aliphatic heterocycles. The number of carbonyl (C=O) groups is 1. The Morgan fingerprint density at radius 3 is 2.70 bits per heavy atom. The molecule has 0 fully saturated rings. The zero-order valence-corrected chi connectivity index (χ0v) is 12.5. The number of aromatic nitrogens is 2. The first-order chi connectivity index (χ1) is 11.2. The lowest BCUT2D eigenvalue weighted by atomic mass is 10.0. The molecule has 0 saturated carbocycles. The molecule has 3 aromatic rings. The number of nitrogens with one attached hydrogen (secondary N) is 1. The first-order valence-electron chi connectivity index (χ1n) is 7.32. The molecule has 0 radical (unpaired) electrons. The van der Waals surface area contributed by atoms with Crippen LogP contribution >= 0.6 is 0 Å². The van der Waals surface area contributed by atoms with Crippen LogP contribution in [0.4, 0.5) is 5.69 Å². The van der Waals surface area contributed by atoms with E-state index in [-0.39, 0.29) is 18.2 Å². The number of carbonyl (C=O) groups excluding carboxylic acids is 1. The van der Waals surface area contributed by atoms with Crippen LogP contribution in [0.3, 0.4) is 0 Å². The van der Waals surface area contributed by atoms with Crippen molar-refractivity contribution in [2.45, 2.75) is 13.0 Å². The number of hydrogen-bond acceptors (Lipinski definition) is 3. The lowest BCUT2D eigenvalue weighted by Gasteiger charge is -2.10. The van der Waals surface area contributed by atoms with Gasteiger partial charge in [-0.2, -0.15) is 0 Å². The van der Waals surface area contributed by atoms with Crippen molar-refractivity contribution in [1.29, 1.82) is 0 Å². The minimum atomic E-state index is -0.213. The van der Waals surface area contributed by atoms with E-state index in [0.717, 1.165) is 12.0 Å². The number of amides is 1. The quantitative estimate of drug-likeness (QED) is 0.712. The van der Waals surface area contributed by atoms with Crippen molar-refractivity contribution < 1.29 is 9.90 Å². The number of benzene rings is 2. The molecule has 2 N–H and O–H groups in total. The Morgan fingerprint density at radius 1 is 1.13 bits per heavy atom. The summed E-state index contributed by atoms with van der Waals surface area (Å²) < 4.78 is 1.67. The molecule has 3 rings (SSSR count). The minimum Gasteiger partial charge on any atom is -0.506 e. The maximum atomic E-state index is 12.0. The Morgan fingerprint density at radius 2 is 1.96 bits per heavy atom. The van der Waals surface area contributed by atoms with Crippen molar-refractivity contribution in [1.82, 2.24) is 9.55 Å². The highest BCUT2D eigenvalue weighted by Crippen LogP contribution is 2.25. The number of phenols is 1. The zero-order chi connectivity index (χ0) is 16.1. The maximum absolute atomic E-state index is 12.0. The van der Waals surface area contributed by atoms with Crippen LogP contribution in [0.2, 0.25) is 0 Å². The van der Waals surface area contributed by atoms with Gasteiger partial charge in [0.05, 0.1) is 12.0 Å². The average Bonchev–Trinajstić information content (AvgIpc) is 3.04. The second kappa shape index (κ2) is 6.79. The molecule has 0 spiro atoms. The van der Waals surface area contributed by atoms with E-state index in [1.54, 1.807) is 35.4 Å². The zero-order valence-electron chi connectivity index (χ0n) is 12.5. The van der Waals surface area contributed by atoms with Gasteiger partial charge in [-0.15, -0.1) is 0 Å². The number of aromatic hydroxyl groups is 1. The first kappa shape index (κ1) is 14.8. The number of hydrogen-bond donors (Lipinski definition) is 2. The van der Waals surface area contributed by atoms with Crippen LogP contribution in [0.15, 0.2) is 67.3 Å². The molecule has 0 aliphatic rings. The van der Waals surface area contributed by atoms with Crippen LogP contribution in [-0.2, 0) is 17.8 Å². The maximum Gasteiger partial charge on any atom is 0.244 e. The molecule has 23 heavy (non-hydrogen) atoms. The average molecular weight is 307 g/mol.